The molecule has 0 aromatic heterocycles. The van der Waals surface area contributed by atoms with Crippen LogP contribution in [-0.4, -0.2) is 71.3 Å². The zero-order valence-electron chi connectivity index (χ0n) is 9.85. The molecule has 0 aromatic carbocycles. The molecular formula is C6H12F2O11P2. The molecule has 1 fully saturated rings. The van der Waals surface area contributed by atoms with Crippen LogP contribution in [0.5, 0.6) is 0 Å². The van der Waals surface area contributed by atoms with E-state index in [0.717, 1.165) is 0 Å². The van der Waals surface area contributed by atoms with Crippen molar-refractivity contribution in [3.8, 4) is 0 Å². The van der Waals surface area contributed by atoms with Crippen LogP contribution in [0.1, 0.15) is 0 Å². The normalized spacial score (nSPS) is 35.2. The number of ether oxygens (including phenoxy) is 1. The van der Waals surface area contributed by atoms with E-state index in [2.05, 4.69) is 9.26 Å². The summed E-state index contributed by atoms with van der Waals surface area (Å²) in [5.74, 6) is -4.17. The number of hydrogen-bond acceptors (Lipinski definition) is 7. The van der Waals surface area contributed by atoms with Crippen LogP contribution in [0.4, 0.5) is 8.78 Å². The number of aliphatic hydroxyl groups is 3. The second-order valence-corrected chi connectivity index (χ2v) is 7.05. The van der Waals surface area contributed by atoms with Crippen LogP contribution in [0.15, 0.2) is 0 Å². The van der Waals surface area contributed by atoms with Crippen molar-refractivity contribution in [2.75, 3.05) is 6.61 Å². The Morgan fingerprint density at radius 3 is 2.05 bits per heavy atom. The Kier molecular flexibility index (Phi) is 5.02. The molecule has 21 heavy (non-hydrogen) atoms. The molecule has 7 N–H and O–H groups in total. The molecule has 0 spiro atoms. The smallest absolute Gasteiger partial charge is 0.387 e. The first-order valence-electron chi connectivity index (χ1n) is 5.03. The second-order valence-electron chi connectivity index (χ2n) is 4.16. The minimum absolute atomic E-state index is 1.23. The lowest BCUT2D eigenvalue weighted by atomic mass is 10.1. The highest BCUT2D eigenvalue weighted by Crippen LogP contribution is 2.61. The summed E-state index contributed by atoms with van der Waals surface area (Å²) >= 11 is 0. The largest absolute Gasteiger partial charge is 0.469 e. The molecule has 1 heterocycles. The Bertz CT molecular complexity index is 487. The Morgan fingerprint density at radius 1 is 1.19 bits per heavy atom. The number of halogens is 2. The quantitative estimate of drug-likeness (QED) is 0.260. The van der Waals surface area contributed by atoms with Crippen molar-refractivity contribution >= 4 is 15.4 Å². The van der Waals surface area contributed by atoms with Crippen molar-refractivity contribution in [3.05, 3.63) is 0 Å². The topological polar surface area (TPSA) is 194 Å². The van der Waals surface area contributed by atoms with E-state index < -0.39 is 51.8 Å². The molecule has 1 aliphatic heterocycles. The first-order chi connectivity index (χ1) is 9.13. The van der Waals surface area contributed by atoms with Crippen molar-refractivity contribution in [2.45, 2.75) is 29.8 Å². The highest BCUT2D eigenvalue weighted by atomic mass is 31.2. The highest BCUT2D eigenvalue weighted by Gasteiger charge is 2.74. The van der Waals surface area contributed by atoms with Crippen LogP contribution < -0.4 is 0 Å². The number of hydrogen-bond donors (Lipinski definition) is 7. The van der Waals surface area contributed by atoms with Crippen LogP contribution >= 0.6 is 15.4 Å². The molecule has 0 aliphatic carbocycles. The summed E-state index contributed by atoms with van der Waals surface area (Å²) in [6.45, 7) is -1.23. The fourth-order valence-electron chi connectivity index (χ4n) is 1.57. The molecule has 11 nitrogen and oxygen atoms in total. The molecule has 1 saturated heterocycles. The van der Waals surface area contributed by atoms with E-state index in [0.29, 0.717) is 0 Å². The number of alkyl halides is 2. The number of phosphoric acid groups is 1. The Labute approximate surface area is 115 Å². The second kappa shape index (κ2) is 5.55. The van der Waals surface area contributed by atoms with Gasteiger partial charge in [0.2, 0.25) is 0 Å². The molecule has 0 amide bonds. The van der Waals surface area contributed by atoms with Gasteiger partial charge in [-0.15, -0.1) is 0 Å². The van der Waals surface area contributed by atoms with Gasteiger partial charge in [0.05, 0.1) is 6.61 Å². The summed E-state index contributed by atoms with van der Waals surface area (Å²) in [6.07, 6.45) is -7.29. The zero-order valence-corrected chi connectivity index (χ0v) is 11.6. The molecule has 126 valence electrons. The zero-order chi connectivity index (χ0) is 16.9. The van der Waals surface area contributed by atoms with E-state index in [1.54, 1.807) is 0 Å². The number of rotatable bonds is 5. The lowest BCUT2D eigenvalue weighted by molar-refractivity contribution is -0.309. The Hall–Kier alpha value is -0.0400. The highest BCUT2D eigenvalue weighted by molar-refractivity contribution is 7.53. The fraction of sp³-hybridized carbons (Fsp3) is 1.00. The van der Waals surface area contributed by atoms with E-state index in [1.807, 2.05) is 0 Å². The SMILES string of the molecule is O=P(O)(O)OC[C@H]1O[C@@](O)(C(F)(F)P(=O)(O)O)[C@@H](O)[C@@H]1O. The van der Waals surface area contributed by atoms with Gasteiger partial charge in [-0.25, -0.2) is 4.57 Å². The summed E-state index contributed by atoms with van der Waals surface area (Å²) in [5.41, 5.74) is -5.29. The first kappa shape index (κ1) is 19.0. The molecule has 0 radical (unpaired) electrons. The maximum atomic E-state index is 13.5. The molecule has 1 aliphatic rings. The first-order valence-corrected chi connectivity index (χ1v) is 8.17. The van der Waals surface area contributed by atoms with E-state index in [9.17, 15) is 33.2 Å². The molecule has 1 rings (SSSR count). The van der Waals surface area contributed by atoms with Gasteiger partial charge in [0.1, 0.15) is 18.3 Å². The Balaban J connectivity index is 3.02. The standard InChI is InChI=1S/C6H12F2O11P2/c7-6(8,20(12,13)14)5(11)4(10)3(9)2(19-5)1-18-21(15,16)17/h2-4,9-11H,1H2,(H2,12,13,14)(H2,15,16,17)/t2-,3-,4+,5-/m1/s1. The maximum absolute atomic E-state index is 13.5. The average molecular weight is 360 g/mol. The van der Waals surface area contributed by atoms with Crippen molar-refractivity contribution < 1.29 is 62.1 Å². The Morgan fingerprint density at radius 2 is 1.67 bits per heavy atom. The van der Waals surface area contributed by atoms with Gasteiger partial charge in [0.15, 0.2) is 0 Å². The predicted molar refractivity (Wildman–Crippen MR) is 56.8 cm³/mol. The lowest BCUT2D eigenvalue weighted by Gasteiger charge is -2.33. The monoisotopic (exact) mass is 360 g/mol. The fourth-order valence-corrected chi connectivity index (χ4v) is 2.51. The molecule has 0 saturated carbocycles. The van der Waals surface area contributed by atoms with Crippen LogP contribution in [-0.2, 0) is 18.4 Å². The third-order valence-electron chi connectivity index (χ3n) is 2.64. The summed E-state index contributed by atoms with van der Waals surface area (Å²) in [6, 6.07) is 0. The number of phosphoric ester groups is 1. The predicted octanol–water partition coefficient (Wildman–Crippen LogP) is -2.32. The van der Waals surface area contributed by atoms with Crippen molar-refractivity contribution in [1.29, 1.82) is 0 Å². The summed E-state index contributed by atoms with van der Waals surface area (Å²) in [7, 11) is -11.4. The van der Waals surface area contributed by atoms with Gasteiger partial charge in [0.25, 0.3) is 5.79 Å². The van der Waals surface area contributed by atoms with Crippen molar-refractivity contribution in [3.63, 3.8) is 0 Å². The molecule has 0 bridgehead atoms. The molecule has 0 unspecified atom stereocenters. The molecular weight excluding hydrogens is 348 g/mol. The minimum atomic E-state index is -6.30. The van der Waals surface area contributed by atoms with Crippen molar-refractivity contribution in [1.82, 2.24) is 0 Å². The van der Waals surface area contributed by atoms with Gasteiger partial charge in [-0.3, -0.25) is 9.09 Å². The van der Waals surface area contributed by atoms with Crippen LogP contribution in [0.2, 0.25) is 0 Å². The third-order valence-corrected chi connectivity index (χ3v) is 4.18. The average Bonchev–Trinajstić information content (AvgIpc) is 2.50. The summed E-state index contributed by atoms with van der Waals surface area (Å²) in [4.78, 5) is 33.8. The van der Waals surface area contributed by atoms with Crippen LogP contribution in [0.25, 0.3) is 0 Å². The van der Waals surface area contributed by atoms with E-state index in [4.69, 9.17) is 19.6 Å². The van der Waals surface area contributed by atoms with Gasteiger partial charge in [-0.1, -0.05) is 0 Å². The van der Waals surface area contributed by atoms with Gasteiger partial charge >= 0.3 is 21.1 Å². The molecule has 4 atom stereocenters. The maximum Gasteiger partial charge on any atom is 0.469 e. The van der Waals surface area contributed by atoms with Crippen LogP contribution in [0, 0.1) is 0 Å². The molecule has 15 heteroatoms. The summed E-state index contributed by atoms with van der Waals surface area (Å²) in [5, 5.41) is 28.2. The third kappa shape index (κ3) is 3.49. The van der Waals surface area contributed by atoms with E-state index >= 15 is 0 Å². The van der Waals surface area contributed by atoms with Gasteiger partial charge < -0.3 is 39.6 Å². The summed E-state index contributed by atoms with van der Waals surface area (Å²) < 4.78 is 56.0. The van der Waals surface area contributed by atoms with E-state index in [-0.39, 0.29) is 0 Å². The lowest BCUT2D eigenvalue weighted by Crippen LogP contribution is -2.56. The number of aliphatic hydroxyl groups excluding tert-OH is 2. The van der Waals surface area contributed by atoms with E-state index in [1.165, 1.54) is 0 Å². The van der Waals surface area contributed by atoms with Gasteiger partial charge in [-0.2, -0.15) is 8.78 Å². The minimum Gasteiger partial charge on any atom is -0.387 e. The van der Waals surface area contributed by atoms with Gasteiger partial charge in [-0.05, 0) is 0 Å². The van der Waals surface area contributed by atoms with Crippen LogP contribution in [0.3, 0.4) is 0 Å². The van der Waals surface area contributed by atoms with Gasteiger partial charge in [0, 0.05) is 0 Å². The molecule has 0 aromatic rings. The van der Waals surface area contributed by atoms with Crippen molar-refractivity contribution in [2.24, 2.45) is 0 Å².